The lowest BCUT2D eigenvalue weighted by atomic mass is 9.85. The molecule has 0 heterocycles. The van der Waals surface area contributed by atoms with E-state index in [0.717, 1.165) is 12.8 Å². The minimum Gasteiger partial charge on any atom is -0.480 e. The first-order valence-corrected chi connectivity index (χ1v) is 8.67. The molecule has 1 saturated carbocycles. The molecule has 0 bridgehead atoms. The van der Waals surface area contributed by atoms with Gasteiger partial charge in [0, 0.05) is 30.5 Å². The Morgan fingerprint density at radius 2 is 1.83 bits per heavy atom. The van der Waals surface area contributed by atoms with E-state index < -0.39 is 11.4 Å². The van der Waals surface area contributed by atoms with E-state index in [2.05, 4.69) is 10.6 Å². The molecule has 1 fully saturated rings. The monoisotopic (exact) mass is 341 g/mol. The second-order valence-corrected chi connectivity index (χ2v) is 7.46. The number of aliphatic carboxylic acids is 1. The number of carbonyl (C=O) groups excluding carboxylic acids is 2. The molecule has 0 atom stereocenters. The number of carbonyl (C=O) groups is 3. The highest BCUT2D eigenvalue weighted by Gasteiger charge is 2.34. The quantitative estimate of drug-likeness (QED) is 0.543. The molecule has 138 valence electrons. The van der Waals surface area contributed by atoms with E-state index in [1.165, 1.54) is 0 Å². The van der Waals surface area contributed by atoms with Gasteiger partial charge in [0.2, 0.25) is 11.8 Å². The SMILES string of the molecule is CCN(CC(=O)O)C1CC(NC(=O)CCCNC(=O)C(C)(C)C)C1. The number of hydrogen-bond donors (Lipinski definition) is 3. The number of hydrogen-bond acceptors (Lipinski definition) is 4. The zero-order chi connectivity index (χ0) is 18.3. The van der Waals surface area contributed by atoms with Crippen LogP contribution in [0.25, 0.3) is 0 Å². The number of nitrogens with one attached hydrogen (secondary N) is 2. The highest BCUT2D eigenvalue weighted by molar-refractivity contribution is 5.81. The minimum absolute atomic E-state index is 0.00950. The van der Waals surface area contributed by atoms with Gasteiger partial charge < -0.3 is 15.7 Å². The molecule has 0 aromatic rings. The van der Waals surface area contributed by atoms with Crippen molar-refractivity contribution in [1.82, 2.24) is 15.5 Å². The molecule has 0 unspecified atom stereocenters. The van der Waals surface area contributed by atoms with Crippen molar-refractivity contribution in [3.05, 3.63) is 0 Å². The highest BCUT2D eigenvalue weighted by atomic mass is 16.4. The third kappa shape index (κ3) is 6.86. The molecular weight excluding hydrogens is 310 g/mol. The summed E-state index contributed by atoms with van der Waals surface area (Å²) in [4.78, 5) is 36.3. The average molecular weight is 341 g/mol. The summed E-state index contributed by atoms with van der Waals surface area (Å²) in [5.74, 6) is -0.839. The van der Waals surface area contributed by atoms with Crippen LogP contribution in [0, 0.1) is 5.41 Å². The smallest absolute Gasteiger partial charge is 0.317 e. The molecule has 0 saturated heterocycles. The lowest BCUT2D eigenvalue weighted by Crippen LogP contribution is -2.54. The predicted molar refractivity (Wildman–Crippen MR) is 91.5 cm³/mol. The van der Waals surface area contributed by atoms with Gasteiger partial charge in [0.1, 0.15) is 0 Å². The van der Waals surface area contributed by atoms with Gasteiger partial charge in [-0.3, -0.25) is 19.3 Å². The standard InChI is InChI=1S/C17H31N3O4/c1-5-20(11-15(22)23)13-9-12(10-13)19-14(21)7-6-8-18-16(24)17(2,3)4/h12-13H,5-11H2,1-4H3,(H,18,24)(H,19,21)(H,22,23). The summed E-state index contributed by atoms with van der Waals surface area (Å²) in [5.41, 5.74) is -0.412. The van der Waals surface area contributed by atoms with Crippen LogP contribution >= 0.6 is 0 Å². The molecule has 7 nitrogen and oxygen atoms in total. The highest BCUT2D eigenvalue weighted by Crippen LogP contribution is 2.25. The van der Waals surface area contributed by atoms with E-state index in [1.807, 2.05) is 32.6 Å². The first-order chi connectivity index (χ1) is 11.1. The van der Waals surface area contributed by atoms with E-state index >= 15 is 0 Å². The minimum atomic E-state index is -0.818. The van der Waals surface area contributed by atoms with Crippen molar-refractivity contribution in [3.8, 4) is 0 Å². The molecule has 1 aliphatic carbocycles. The molecule has 1 rings (SSSR count). The summed E-state index contributed by atoms with van der Waals surface area (Å²) in [6, 6.07) is 0.372. The van der Waals surface area contributed by atoms with Crippen molar-refractivity contribution in [2.24, 2.45) is 5.41 Å². The van der Waals surface area contributed by atoms with E-state index in [0.29, 0.717) is 25.9 Å². The van der Waals surface area contributed by atoms with E-state index in [9.17, 15) is 14.4 Å². The Balaban J connectivity index is 2.15. The van der Waals surface area contributed by atoms with Crippen LogP contribution < -0.4 is 10.6 Å². The Kier molecular flexibility index (Phi) is 7.66. The molecule has 2 amide bonds. The Hall–Kier alpha value is -1.63. The fourth-order valence-electron chi connectivity index (χ4n) is 2.69. The van der Waals surface area contributed by atoms with Crippen LogP contribution in [0.3, 0.4) is 0 Å². The average Bonchev–Trinajstić information content (AvgIpc) is 2.43. The number of likely N-dealkylation sites (N-methyl/N-ethyl adjacent to an activating group) is 1. The van der Waals surface area contributed by atoms with Crippen molar-refractivity contribution in [3.63, 3.8) is 0 Å². The molecule has 24 heavy (non-hydrogen) atoms. The summed E-state index contributed by atoms with van der Waals surface area (Å²) in [6.45, 7) is 8.75. The van der Waals surface area contributed by atoms with Crippen molar-refractivity contribution >= 4 is 17.8 Å². The molecule has 1 aliphatic rings. The van der Waals surface area contributed by atoms with Crippen LogP contribution in [0.2, 0.25) is 0 Å². The maximum atomic E-state index is 11.9. The van der Waals surface area contributed by atoms with Crippen LogP contribution in [-0.4, -0.2) is 59.5 Å². The number of carboxylic acid groups (broad SMARTS) is 1. The third-order valence-electron chi connectivity index (χ3n) is 4.29. The molecule has 7 heteroatoms. The second-order valence-electron chi connectivity index (χ2n) is 7.46. The Morgan fingerprint density at radius 1 is 1.21 bits per heavy atom. The van der Waals surface area contributed by atoms with Gasteiger partial charge in [-0.2, -0.15) is 0 Å². The molecule has 0 aromatic heterocycles. The normalized spacial score (nSPS) is 20.4. The van der Waals surface area contributed by atoms with E-state index in [1.54, 1.807) is 0 Å². The lowest BCUT2D eigenvalue weighted by molar-refractivity contribution is -0.139. The summed E-state index contributed by atoms with van der Waals surface area (Å²) < 4.78 is 0. The third-order valence-corrected chi connectivity index (χ3v) is 4.29. The van der Waals surface area contributed by atoms with Gasteiger partial charge in [-0.1, -0.05) is 27.7 Å². The van der Waals surface area contributed by atoms with Gasteiger partial charge in [-0.25, -0.2) is 0 Å². The van der Waals surface area contributed by atoms with Gasteiger partial charge in [0.25, 0.3) is 0 Å². The molecule has 0 radical (unpaired) electrons. The van der Waals surface area contributed by atoms with Crippen LogP contribution in [0.5, 0.6) is 0 Å². The van der Waals surface area contributed by atoms with Gasteiger partial charge >= 0.3 is 5.97 Å². The van der Waals surface area contributed by atoms with Crippen LogP contribution in [-0.2, 0) is 14.4 Å². The Bertz CT molecular complexity index is 453. The van der Waals surface area contributed by atoms with Crippen LogP contribution in [0.15, 0.2) is 0 Å². The van der Waals surface area contributed by atoms with Gasteiger partial charge in [0.05, 0.1) is 6.54 Å². The molecule has 3 N–H and O–H groups in total. The van der Waals surface area contributed by atoms with Crippen molar-refractivity contribution < 1.29 is 19.5 Å². The number of amides is 2. The van der Waals surface area contributed by atoms with Crippen molar-refractivity contribution in [1.29, 1.82) is 0 Å². The zero-order valence-corrected chi connectivity index (χ0v) is 15.2. The summed E-state index contributed by atoms with van der Waals surface area (Å²) in [5, 5.41) is 14.7. The fraction of sp³-hybridized carbons (Fsp3) is 0.824. The second kappa shape index (κ2) is 9.01. The van der Waals surface area contributed by atoms with Crippen LogP contribution in [0.4, 0.5) is 0 Å². The van der Waals surface area contributed by atoms with Gasteiger partial charge in [-0.15, -0.1) is 0 Å². The summed E-state index contributed by atoms with van der Waals surface area (Å²) in [7, 11) is 0. The van der Waals surface area contributed by atoms with Crippen LogP contribution in [0.1, 0.15) is 53.4 Å². The van der Waals surface area contributed by atoms with E-state index in [4.69, 9.17) is 5.11 Å². The summed E-state index contributed by atoms with van der Waals surface area (Å²) >= 11 is 0. The number of carboxylic acids is 1. The maximum Gasteiger partial charge on any atom is 0.317 e. The largest absolute Gasteiger partial charge is 0.480 e. The van der Waals surface area contributed by atoms with Crippen molar-refractivity contribution in [2.75, 3.05) is 19.6 Å². The van der Waals surface area contributed by atoms with Gasteiger partial charge in [0.15, 0.2) is 0 Å². The zero-order valence-electron chi connectivity index (χ0n) is 15.2. The molecular formula is C17H31N3O4. The molecule has 0 aromatic carbocycles. The van der Waals surface area contributed by atoms with E-state index in [-0.39, 0.29) is 30.4 Å². The Morgan fingerprint density at radius 3 is 2.33 bits per heavy atom. The lowest BCUT2D eigenvalue weighted by Gasteiger charge is -2.42. The number of nitrogens with zero attached hydrogens (tertiary/aromatic N) is 1. The summed E-state index contributed by atoms with van der Waals surface area (Å²) in [6.07, 6.45) is 2.60. The maximum absolute atomic E-state index is 11.9. The molecule has 0 spiro atoms. The van der Waals surface area contributed by atoms with Gasteiger partial charge in [-0.05, 0) is 25.8 Å². The first-order valence-electron chi connectivity index (χ1n) is 8.67. The molecule has 0 aliphatic heterocycles. The topological polar surface area (TPSA) is 98.7 Å². The predicted octanol–water partition coefficient (Wildman–Crippen LogP) is 0.983. The first kappa shape index (κ1) is 20.4. The fourth-order valence-corrected chi connectivity index (χ4v) is 2.69. The Labute approximate surface area is 144 Å². The van der Waals surface area contributed by atoms with Crippen molar-refractivity contribution in [2.45, 2.75) is 65.5 Å². The number of rotatable bonds is 9.